The molecule has 1 aromatic heterocycles. The molecule has 2 aliphatic heterocycles. The Hall–Kier alpha value is -3.49. The summed E-state index contributed by atoms with van der Waals surface area (Å²) in [7, 11) is 1.70. The molecule has 1 aliphatic carbocycles. The lowest BCUT2D eigenvalue weighted by Gasteiger charge is -2.32. The van der Waals surface area contributed by atoms with Crippen molar-refractivity contribution in [3.63, 3.8) is 0 Å². The van der Waals surface area contributed by atoms with Gasteiger partial charge in [0, 0.05) is 37.3 Å². The van der Waals surface area contributed by atoms with E-state index < -0.39 is 17.7 Å². The van der Waals surface area contributed by atoms with Crippen LogP contribution in [0.3, 0.4) is 0 Å². The molecular formula is C22H20F2N4O3. The zero-order chi connectivity index (χ0) is 21.9. The van der Waals surface area contributed by atoms with Gasteiger partial charge in [0.2, 0.25) is 11.5 Å². The first-order valence-electron chi connectivity index (χ1n) is 10.0. The van der Waals surface area contributed by atoms with Gasteiger partial charge >= 0.3 is 6.03 Å². The number of pyridine rings is 1. The number of hydrogen-bond donors (Lipinski definition) is 1. The fourth-order valence-corrected chi connectivity index (χ4v) is 4.68. The summed E-state index contributed by atoms with van der Waals surface area (Å²) < 4.78 is 29.2. The highest BCUT2D eigenvalue weighted by atomic mass is 19.2. The van der Waals surface area contributed by atoms with Crippen molar-refractivity contribution >= 4 is 23.2 Å². The molecular weight excluding hydrogens is 406 g/mol. The summed E-state index contributed by atoms with van der Waals surface area (Å²) in [6.45, 7) is 0.137. The van der Waals surface area contributed by atoms with Gasteiger partial charge in [-0.2, -0.15) is 0 Å². The van der Waals surface area contributed by atoms with Gasteiger partial charge in [0.15, 0.2) is 11.6 Å². The van der Waals surface area contributed by atoms with Crippen LogP contribution in [0.25, 0.3) is 5.57 Å². The first-order chi connectivity index (χ1) is 14.8. The number of nitrogens with zero attached hydrogens (tertiary/aromatic N) is 3. The maximum absolute atomic E-state index is 14.1. The largest absolute Gasteiger partial charge is 0.334 e. The number of hydrogen-bond acceptors (Lipinski definition) is 3. The van der Waals surface area contributed by atoms with Crippen LogP contribution < -0.4 is 10.9 Å². The van der Waals surface area contributed by atoms with Crippen LogP contribution in [0, 0.1) is 17.6 Å². The molecule has 31 heavy (non-hydrogen) atoms. The highest BCUT2D eigenvalue weighted by molar-refractivity contribution is 5.95. The van der Waals surface area contributed by atoms with Crippen molar-refractivity contribution in [1.82, 2.24) is 14.4 Å². The van der Waals surface area contributed by atoms with Gasteiger partial charge in [-0.05, 0) is 35.8 Å². The normalized spacial score (nSPS) is 21.8. The van der Waals surface area contributed by atoms with Crippen molar-refractivity contribution < 1.29 is 18.4 Å². The number of nitrogens with one attached hydrogen (secondary N) is 1. The number of carbonyl (C=O) groups is 2. The lowest BCUT2D eigenvalue weighted by molar-refractivity contribution is -0.132. The number of fused-ring (bicyclic) bond motifs is 3. The Morgan fingerprint density at radius 3 is 2.71 bits per heavy atom. The standard InChI is InChI=1S/C22H20F2N4O3/c1-26-8-12(2-5-19(26)29)15-7-14-6-13(15)9-28(14)20(30)11-27-10-16-18(25-22(27)31)4-3-17(23)21(16)24/h2-5,7-8,13-14H,6,9-11H2,1H3,(H,25,31). The predicted octanol–water partition coefficient (Wildman–Crippen LogP) is 2.33. The lowest BCUT2D eigenvalue weighted by atomic mass is 9.96. The van der Waals surface area contributed by atoms with Crippen LogP contribution in [0.1, 0.15) is 17.5 Å². The zero-order valence-electron chi connectivity index (χ0n) is 16.8. The van der Waals surface area contributed by atoms with Crippen molar-refractivity contribution in [2.75, 3.05) is 18.4 Å². The molecule has 1 fully saturated rings. The van der Waals surface area contributed by atoms with E-state index in [1.165, 1.54) is 21.6 Å². The van der Waals surface area contributed by atoms with E-state index in [4.69, 9.17) is 0 Å². The maximum Gasteiger partial charge on any atom is 0.322 e. The summed E-state index contributed by atoms with van der Waals surface area (Å²) in [4.78, 5) is 39.8. The third kappa shape index (κ3) is 3.20. The van der Waals surface area contributed by atoms with Crippen molar-refractivity contribution in [3.05, 3.63) is 69.7 Å². The molecule has 2 unspecified atom stereocenters. The van der Waals surface area contributed by atoms with E-state index in [2.05, 4.69) is 5.32 Å². The maximum atomic E-state index is 14.1. The second kappa shape index (κ2) is 7.04. The van der Waals surface area contributed by atoms with Gasteiger partial charge < -0.3 is 19.7 Å². The lowest BCUT2D eigenvalue weighted by Crippen LogP contribution is -2.47. The summed E-state index contributed by atoms with van der Waals surface area (Å²) in [6.07, 6.45) is 4.62. The Morgan fingerprint density at radius 1 is 1.19 bits per heavy atom. The van der Waals surface area contributed by atoms with E-state index >= 15 is 0 Å². The first-order valence-corrected chi connectivity index (χ1v) is 10.0. The van der Waals surface area contributed by atoms with Crippen LogP contribution in [0.15, 0.2) is 41.3 Å². The van der Waals surface area contributed by atoms with Gasteiger partial charge in [0.25, 0.3) is 0 Å². The minimum Gasteiger partial charge on any atom is -0.334 e. The second-order valence-electron chi connectivity index (χ2n) is 8.21. The molecule has 1 aromatic carbocycles. The number of carbonyl (C=O) groups excluding carboxylic acids is 2. The average Bonchev–Trinajstić information content (AvgIpc) is 3.35. The van der Waals surface area contributed by atoms with Crippen LogP contribution in [-0.4, -0.2) is 45.4 Å². The van der Waals surface area contributed by atoms with Gasteiger partial charge in [-0.15, -0.1) is 0 Å². The molecule has 0 spiro atoms. The van der Waals surface area contributed by atoms with Gasteiger partial charge in [-0.1, -0.05) is 6.08 Å². The molecule has 0 radical (unpaired) electrons. The Kier molecular flexibility index (Phi) is 4.42. The number of anilines is 1. The van der Waals surface area contributed by atoms with E-state index in [1.54, 1.807) is 24.2 Å². The van der Waals surface area contributed by atoms with E-state index in [0.29, 0.717) is 6.54 Å². The summed E-state index contributed by atoms with van der Waals surface area (Å²) >= 11 is 0. The molecule has 2 atom stereocenters. The van der Waals surface area contributed by atoms with E-state index in [9.17, 15) is 23.2 Å². The van der Waals surface area contributed by atoms with Crippen molar-refractivity contribution in [3.8, 4) is 0 Å². The Balaban J connectivity index is 1.31. The summed E-state index contributed by atoms with van der Waals surface area (Å²) in [5, 5.41) is 2.52. The average molecular weight is 426 g/mol. The Morgan fingerprint density at radius 2 is 2.00 bits per heavy atom. The molecule has 1 N–H and O–H groups in total. The van der Waals surface area contributed by atoms with Crippen molar-refractivity contribution in [2.45, 2.75) is 19.0 Å². The molecule has 3 aliphatic rings. The molecule has 2 aromatic rings. The highest BCUT2D eigenvalue weighted by Crippen LogP contribution is 2.42. The van der Waals surface area contributed by atoms with Crippen molar-refractivity contribution in [1.29, 1.82) is 0 Å². The SMILES string of the molecule is Cn1cc(C2=CC3CC2CN3C(=O)CN2Cc3c(ccc(F)c3F)NC2=O)ccc1=O. The number of aromatic nitrogens is 1. The van der Waals surface area contributed by atoms with Gasteiger partial charge in [0.1, 0.15) is 6.54 Å². The minimum atomic E-state index is -1.01. The smallest absolute Gasteiger partial charge is 0.322 e. The van der Waals surface area contributed by atoms with E-state index in [1.807, 2.05) is 6.08 Å². The van der Waals surface area contributed by atoms with Gasteiger partial charge in [-0.3, -0.25) is 9.59 Å². The third-order valence-corrected chi connectivity index (χ3v) is 6.29. The fourth-order valence-electron chi connectivity index (χ4n) is 4.68. The first kappa shape index (κ1) is 19.5. The van der Waals surface area contributed by atoms with Crippen LogP contribution in [-0.2, 0) is 18.4 Å². The molecule has 160 valence electrons. The van der Waals surface area contributed by atoms with Gasteiger partial charge in [-0.25, -0.2) is 13.6 Å². The monoisotopic (exact) mass is 426 g/mol. The van der Waals surface area contributed by atoms with Crippen LogP contribution >= 0.6 is 0 Å². The van der Waals surface area contributed by atoms with Crippen molar-refractivity contribution in [2.24, 2.45) is 13.0 Å². The number of aryl methyl sites for hydroxylation is 1. The number of amides is 3. The molecule has 9 heteroatoms. The van der Waals surface area contributed by atoms with Crippen LogP contribution in [0.2, 0.25) is 0 Å². The molecule has 3 amide bonds. The minimum absolute atomic E-state index is 0.0345. The zero-order valence-corrected chi connectivity index (χ0v) is 16.8. The van der Waals surface area contributed by atoms with E-state index in [0.717, 1.165) is 23.6 Å². The summed E-state index contributed by atoms with van der Waals surface area (Å²) in [5.74, 6) is -2.08. The Labute approximate surface area is 176 Å². The molecule has 2 bridgehead atoms. The molecule has 0 saturated carbocycles. The number of rotatable bonds is 3. The number of likely N-dealkylation sites (tertiary alicyclic amines) is 1. The van der Waals surface area contributed by atoms with E-state index in [-0.39, 0.29) is 47.8 Å². The molecule has 1 saturated heterocycles. The number of urea groups is 1. The fraction of sp³-hybridized carbons (Fsp3) is 0.318. The predicted molar refractivity (Wildman–Crippen MR) is 109 cm³/mol. The topological polar surface area (TPSA) is 74.7 Å². The molecule has 5 rings (SSSR count). The number of halogens is 2. The third-order valence-electron chi connectivity index (χ3n) is 6.29. The van der Waals surface area contributed by atoms with Gasteiger partial charge in [0.05, 0.1) is 18.3 Å². The second-order valence-corrected chi connectivity index (χ2v) is 8.21. The van der Waals surface area contributed by atoms with Crippen LogP contribution in [0.4, 0.5) is 19.3 Å². The highest BCUT2D eigenvalue weighted by Gasteiger charge is 2.42. The Bertz CT molecular complexity index is 1210. The summed E-state index contributed by atoms with van der Waals surface area (Å²) in [5.41, 5.74) is 2.25. The number of benzene rings is 1. The summed E-state index contributed by atoms with van der Waals surface area (Å²) in [6, 6.07) is 5.00. The molecule has 3 heterocycles. The molecule has 7 nitrogen and oxygen atoms in total. The quantitative estimate of drug-likeness (QED) is 0.819. The van der Waals surface area contributed by atoms with Crippen LogP contribution in [0.5, 0.6) is 0 Å².